The highest BCUT2D eigenvalue weighted by Gasteiger charge is 2.33. The molecule has 2 amide bonds. The van der Waals surface area contributed by atoms with Crippen LogP contribution in [-0.2, 0) is 6.42 Å². The van der Waals surface area contributed by atoms with Gasteiger partial charge < -0.3 is 29.2 Å². The van der Waals surface area contributed by atoms with E-state index < -0.39 is 0 Å². The minimum atomic E-state index is -0.360. The van der Waals surface area contributed by atoms with E-state index in [0.29, 0.717) is 46.7 Å². The Morgan fingerprint density at radius 1 is 0.941 bits per heavy atom. The van der Waals surface area contributed by atoms with Crippen LogP contribution >= 0.6 is 11.6 Å². The van der Waals surface area contributed by atoms with Crippen LogP contribution in [0.15, 0.2) is 60.7 Å². The van der Waals surface area contributed by atoms with Gasteiger partial charge in [-0.1, -0.05) is 23.7 Å². The number of halogens is 1. The Balaban J connectivity index is 1.66. The van der Waals surface area contributed by atoms with Gasteiger partial charge in [0.15, 0.2) is 23.0 Å². The third-order valence-electron chi connectivity index (χ3n) is 5.82. The molecule has 1 aliphatic heterocycles. The molecule has 178 valence electrons. The number of methoxy groups -OCH3 is 3. The predicted octanol–water partition coefficient (Wildman–Crippen LogP) is 5.58. The highest BCUT2D eigenvalue weighted by molar-refractivity contribution is 6.30. The summed E-state index contributed by atoms with van der Waals surface area (Å²) in [6, 6.07) is 17.8. The number of carbonyl (C=O) groups excluding carboxylic acids is 1. The number of para-hydroxylation sites is 2. The third-order valence-corrected chi connectivity index (χ3v) is 6.08. The van der Waals surface area contributed by atoms with Crippen LogP contribution in [0.5, 0.6) is 23.0 Å². The monoisotopic (exact) mass is 482 g/mol. The van der Waals surface area contributed by atoms with E-state index in [0.717, 1.165) is 11.1 Å². The second-order valence-corrected chi connectivity index (χ2v) is 8.20. The zero-order valence-corrected chi connectivity index (χ0v) is 20.1. The lowest BCUT2D eigenvalue weighted by molar-refractivity contribution is 0.142. The first kappa shape index (κ1) is 23.6. The molecule has 34 heavy (non-hydrogen) atoms. The zero-order valence-electron chi connectivity index (χ0n) is 19.3. The van der Waals surface area contributed by atoms with E-state index in [-0.39, 0.29) is 18.7 Å². The number of fused-ring (bicyclic) bond motifs is 1. The van der Waals surface area contributed by atoms with E-state index in [1.54, 1.807) is 50.5 Å². The van der Waals surface area contributed by atoms with Crippen LogP contribution in [0.1, 0.15) is 17.2 Å². The molecule has 0 aromatic heterocycles. The van der Waals surface area contributed by atoms with Gasteiger partial charge in [-0.2, -0.15) is 0 Å². The average Bonchev–Trinajstić information content (AvgIpc) is 2.87. The van der Waals surface area contributed by atoms with Crippen LogP contribution < -0.4 is 24.3 Å². The van der Waals surface area contributed by atoms with Gasteiger partial charge in [-0.05, 0) is 66.1 Å². The first-order valence-electron chi connectivity index (χ1n) is 10.9. The van der Waals surface area contributed by atoms with Crippen LogP contribution in [0.25, 0.3) is 0 Å². The van der Waals surface area contributed by atoms with E-state index in [4.69, 9.17) is 30.5 Å². The van der Waals surface area contributed by atoms with E-state index in [1.165, 1.54) is 0 Å². The number of carbonyl (C=O) groups is 1. The van der Waals surface area contributed by atoms with Crippen LogP contribution in [0.4, 0.5) is 10.5 Å². The van der Waals surface area contributed by atoms with Crippen molar-refractivity contribution in [1.29, 1.82) is 0 Å². The van der Waals surface area contributed by atoms with E-state index in [2.05, 4.69) is 5.32 Å². The molecular weight excluding hydrogens is 456 g/mol. The fourth-order valence-corrected chi connectivity index (χ4v) is 4.21. The van der Waals surface area contributed by atoms with Crippen molar-refractivity contribution >= 4 is 23.3 Å². The largest absolute Gasteiger partial charge is 0.493 e. The van der Waals surface area contributed by atoms with Gasteiger partial charge in [0.2, 0.25) is 0 Å². The first-order chi connectivity index (χ1) is 16.5. The summed E-state index contributed by atoms with van der Waals surface area (Å²) in [5.74, 6) is 2.49. The highest BCUT2D eigenvalue weighted by atomic mass is 35.5. The lowest BCUT2D eigenvalue weighted by Crippen LogP contribution is -2.44. The summed E-state index contributed by atoms with van der Waals surface area (Å²) in [6.07, 6.45) is 0.675. The van der Waals surface area contributed by atoms with Crippen LogP contribution in [0.3, 0.4) is 0 Å². The molecular formula is C26H27ClN2O5. The normalized spacial score (nSPS) is 14.7. The van der Waals surface area contributed by atoms with Crippen LogP contribution in [-0.4, -0.2) is 45.4 Å². The third kappa shape index (κ3) is 4.99. The summed E-state index contributed by atoms with van der Waals surface area (Å²) in [5, 5.41) is 3.57. The van der Waals surface area contributed by atoms with Gasteiger partial charge in [-0.15, -0.1) is 0 Å². The molecule has 1 heterocycles. The molecule has 0 fully saturated rings. The summed E-state index contributed by atoms with van der Waals surface area (Å²) >= 11 is 5.98. The number of rotatable bonds is 7. The summed E-state index contributed by atoms with van der Waals surface area (Å²) in [5.41, 5.74) is 2.70. The molecule has 0 aliphatic carbocycles. The maximum Gasteiger partial charge on any atom is 0.322 e. The Hall–Kier alpha value is -3.58. The molecule has 0 saturated heterocycles. The molecule has 0 saturated carbocycles. The molecule has 4 rings (SSSR count). The Morgan fingerprint density at radius 2 is 1.59 bits per heavy atom. The summed E-state index contributed by atoms with van der Waals surface area (Å²) in [7, 11) is 4.81. The molecule has 0 radical (unpaired) electrons. The standard InChI is InChI=1S/C26H27ClN2O5/c1-31-22-6-4-5-7-23(22)34-16-21-20-15-25(33-3)24(32-2)14-17(20)12-13-29(21)26(30)28-19-10-8-18(27)9-11-19/h4-11,14-15,21H,12-13,16H2,1-3H3,(H,28,30)/t21-/m1/s1. The lowest BCUT2D eigenvalue weighted by atomic mass is 9.92. The van der Waals surface area contributed by atoms with Crippen molar-refractivity contribution < 1.29 is 23.7 Å². The average molecular weight is 483 g/mol. The predicted molar refractivity (Wildman–Crippen MR) is 132 cm³/mol. The van der Waals surface area contributed by atoms with E-state index in [9.17, 15) is 4.79 Å². The summed E-state index contributed by atoms with van der Waals surface area (Å²) in [6.45, 7) is 0.749. The van der Waals surface area contributed by atoms with Gasteiger partial charge in [0, 0.05) is 17.3 Å². The van der Waals surface area contributed by atoms with Crippen molar-refractivity contribution in [3.05, 3.63) is 76.8 Å². The molecule has 3 aromatic carbocycles. The Morgan fingerprint density at radius 3 is 2.26 bits per heavy atom. The number of nitrogens with one attached hydrogen (secondary N) is 1. The van der Waals surface area contributed by atoms with Gasteiger partial charge in [0.25, 0.3) is 0 Å². The first-order valence-corrected chi connectivity index (χ1v) is 11.3. The number of ether oxygens (including phenoxy) is 4. The second kappa shape index (κ2) is 10.6. The van der Waals surface area contributed by atoms with Crippen molar-refractivity contribution in [2.75, 3.05) is 39.8 Å². The molecule has 8 heteroatoms. The van der Waals surface area contributed by atoms with Crippen LogP contribution in [0, 0.1) is 0 Å². The highest BCUT2D eigenvalue weighted by Crippen LogP contribution is 2.39. The number of nitrogens with zero attached hydrogens (tertiary/aromatic N) is 1. The van der Waals surface area contributed by atoms with Gasteiger partial charge in [-0.25, -0.2) is 4.79 Å². The Bertz CT molecular complexity index is 1150. The molecule has 0 spiro atoms. The SMILES string of the molecule is COc1cc2c(cc1OC)[C@@H](COc1ccccc1OC)N(C(=O)Nc1ccc(Cl)cc1)CC2. The molecule has 3 aromatic rings. The summed E-state index contributed by atoms with van der Waals surface area (Å²) in [4.78, 5) is 15.1. The van der Waals surface area contributed by atoms with E-state index >= 15 is 0 Å². The Kier molecular flexibility index (Phi) is 7.33. The number of benzene rings is 3. The van der Waals surface area contributed by atoms with Crippen LogP contribution in [0.2, 0.25) is 5.02 Å². The minimum Gasteiger partial charge on any atom is -0.493 e. The maximum atomic E-state index is 13.3. The Labute approximate surface area is 204 Å². The quantitative estimate of drug-likeness (QED) is 0.476. The molecule has 1 atom stereocenters. The topological polar surface area (TPSA) is 69.3 Å². The van der Waals surface area contributed by atoms with E-state index in [1.807, 2.05) is 36.4 Å². The minimum absolute atomic E-state index is 0.226. The van der Waals surface area contributed by atoms with Crippen molar-refractivity contribution in [2.45, 2.75) is 12.5 Å². The van der Waals surface area contributed by atoms with Crippen molar-refractivity contribution in [2.24, 2.45) is 0 Å². The molecule has 1 N–H and O–H groups in total. The number of anilines is 1. The smallest absolute Gasteiger partial charge is 0.322 e. The fourth-order valence-electron chi connectivity index (χ4n) is 4.09. The van der Waals surface area contributed by atoms with Crippen molar-refractivity contribution in [1.82, 2.24) is 4.90 Å². The molecule has 1 aliphatic rings. The van der Waals surface area contributed by atoms with Gasteiger partial charge in [0.1, 0.15) is 6.61 Å². The van der Waals surface area contributed by atoms with Gasteiger partial charge >= 0.3 is 6.03 Å². The van der Waals surface area contributed by atoms with Gasteiger partial charge in [0.05, 0.1) is 27.4 Å². The number of urea groups is 1. The summed E-state index contributed by atoms with van der Waals surface area (Å²) < 4.78 is 22.6. The second-order valence-electron chi connectivity index (χ2n) is 7.76. The number of hydrogen-bond donors (Lipinski definition) is 1. The molecule has 0 unspecified atom stereocenters. The van der Waals surface area contributed by atoms with Crippen molar-refractivity contribution in [3.63, 3.8) is 0 Å². The van der Waals surface area contributed by atoms with Gasteiger partial charge in [-0.3, -0.25) is 0 Å². The molecule has 7 nitrogen and oxygen atoms in total. The number of amides is 2. The zero-order chi connectivity index (χ0) is 24.1. The maximum absolute atomic E-state index is 13.3. The lowest BCUT2D eigenvalue weighted by Gasteiger charge is -2.37. The molecule has 0 bridgehead atoms. The fraction of sp³-hybridized carbons (Fsp3) is 0.269. The number of hydrogen-bond acceptors (Lipinski definition) is 5. The van der Waals surface area contributed by atoms with Crippen molar-refractivity contribution in [3.8, 4) is 23.0 Å².